The Balaban J connectivity index is 1.52. The maximum Gasteiger partial charge on any atom is 0.258 e. The summed E-state index contributed by atoms with van der Waals surface area (Å²) in [5, 5.41) is 14.0. The first-order valence-corrected chi connectivity index (χ1v) is 10.9. The first-order valence-electron chi connectivity index (χ1n) is 10.5. The van der Waals surface area contributed by atoms with Crippen molar-refractivity contribution in [2.24, 2.45) is 0 Å². The molecule has 0 aliphatic carbocycles. The lowest BCUT2D eigenvalue weighted by molar-refractivity contribution is 0.102. The van der Waals surface area contributed by atoms with Crippen LogP contribution in [0.1, 0.15) is 33.2 Å². The van der Waals surface area contributed by atoms with Gasteiger partial charge in [-0.05, 0) is 54.4 Å². The fraction of sp³-hybridized carbons (Fsp3) is 0.0370. The second-order valence-electron chi connectivity index (χ2n) is 7.56. The predicted molar refractivity (Wildman–Crippen MR) is 136 cm³/mol. The molecule has 4 aromatic rings. The van der Waals surface area contributed by atoms with E-state index < -0.39 is 5.91 Å². The number of pyridine rings is 1. The number of amides is 2. The molecule has 0 fully saturated rings. The van der Waals surface area contributed by atoms with Crippen LogP contribution in [0.5, 0.6) is 0 Å². The topological polar surface area (TPSA) is 94.9 Å². The molecule has 3 N–H and O–H groups in total. The number of nitrogens with one attached hydrogen (secondary N) is 3. The van der Waals surface area contributed by atoms with Crippen LogP contribution in [0.25, 0.3) is 11.1 Å². The largest absolute Gasteiger partial charge is 0.321 e. The van der Waals surface area contributed by atoms with Crippen LogP contribution in [0.3, 0.4) is 0 Å². The van der Waals surface area contributed by atoms with E-state index in [9.17, 15) is 9.59 Å². The molecule has 0 spiro atoms. The Morgan fingerprint density at radius 3 is 2.15 bits per heavy atom. The van der Waals surface area contributed by atoms with Gasteiger partial charge in [0.25, 0.3) is 11.8 Å². The molecule has 4 rings (SSSR count). The summed E-state index contributed by atoms with van der Waals surface area (Å²) in [5.41, 5.74) is 4.29. The van der Waals surface area contributed by atoms with E-state index in [4.69, 9.17) is 17.0 Å². The highest BCUT2D eigenvalue weighted by Crippen LogP contribution is 2.25. The van der Waals surface area contributed by atoms with E-state index in [1.165, 1.54) is 6.20 Å². The summed E-state index contributed by atoms with van der Waals surface area (Å²) >= 11 is 5.84. The van der Waals surface area contributed by atoms with Gasteiger partial charge in [-0.2, -0.15) is 0 Å². The SMILES string of the molecule is CC(=N)c1ccccc1-c1ccc(C(=O)Nc2ccccc2C(=O)Nc2ccc(Cl)cn2)cc1. The van der Waals surface area contributed by atoms with Crippen molar-refractivity contribution < 1.29 is 9.59 Å². The number of halogens is 1. The van der Waals surface area contributed by atoms with Crippen molar-refractivity contribution in [2.45, 2.75) is 6.92 Å². The first-order chi connectivity index (χ1) is 16.4. The van der Waals surface area contributed by atoms with Gasteiger partial charge in [-0.25, -0.2) is 4.98 Å². The summed E-state index contributed by atoms with van der Waals surface area (Å²) in [6, 6.07) is 24.8. The smallest absolute Gasteiger partial charge is 0.258 e. The average Bonchev–Trinajstić information content (AvgIpc) is 2.85. The third kappa shape index (κ3) is 5.19. The van der Waals surface area contributed by atoms with E-state index in [1.807, 2.05) is 36.4 Å². The number of para-hydroxylation sites is 1. The summed E-state index contributed by atoms with van der Waals surface area (Å²) in [6.07, 6.45) is 1.44. The lowest BCUT2D eigenvalue weighted by Gasteiger charge is -2.12. The van der Waals surface area contributed by atoms with Crippen molar-refractivity contribution in [2.75, 3.05) is 10.6 Å². The van der Waals surface area contributed by atoms with Crippen molar-refractivity contribution in [1.82, 2.24) is 4.98 Å². The van der Waals surface area contributed by atoms with Crippen molar-refractivity contribution >= 4 is 40.6 Å². The average molecular weight is 469 g/mol. The molecule has 1 aromatic heterocycles. The van der Waals surface area contributed by atoms with Crippen molar-refractivity contribution in [3.05, 3.63) is 113 Å². The summed E-state index contributed by atoms with van der Waals surface area (Å²) in [5.74, 6) is -0.390. The van der Waals surface area contributed by atoms with Crippen LogP contribution in [0.4, 0.5) is 11.5 Å². The number of aromatic nitrogens is 1. The second kappa shape index (κ2) is 10.1. The number of hydrogen-bond acceptors (Lipinski definition) is 4. The van der Waals surface area contributed by atoms with Gasteiger partial charge in [-0.1, -0.05) is 60.1 Å². The Kier molecular flexibility index (Phi) is 6.80. The number of benzene rings is 3. The minimum Gasteiger partial charge on any atom is -0.321 e. The molecule has 6 nitrogen and oxygen atoms in total. The molecule has 0 radical (unpaired) electrons. The number of carbonyl (C=O) groups is 2. The monoisotopic (exact) mass is 468 g/mol. The van der Waals surface area contributed by atoms with Gasteiger partial charge in [0.05, 0.1) is 16.3 Å². The van der Waals surface area contributed by atoms with Crippen LogP contribution >= 0.6 is 11.6 Å². The summed E-state index contributed by atoms with van der Waals surface area (Å²) < 4.78 is 0. The van der Waals surface area contributed by atoms with E-state index in [0.717, 1.165) is 16.7 Å². The van der Waals surface area contributed by atoms with E-state index in [2.05, 4.69) is 15.6 Å². The zero-order valence-electron chi connectivity index (χ0n) is 18.3. The van der Waals surface area contributed by atoms with E-state index in [-0.39, 0.29) is 5.91 Å². The maximum absolute atomic E-state index is 12.9. The number of anilines is 2. The minimum absolute atomic E-state index is 0.305. The van der Waals surface area contributed by atoms with Gasteiger partial charge in [0, 0.05) is 23.0 Å². The molecular weight excluding hydrogens is 448 g/mol. The molecule has 7 heteroatoms. The Hall–Kier alpha value is -4.29. The van der Waals surface area contributed by atoms with E-state index >= 15 is 0 Å². The van der Waals surface area contributed by atoms with Crippen LogP contribution in [0, 0.1) is 5.41 Å². The molecule has 0 aliphatic rings. The van der Waals surface area contributed by atoms with Gasteiger partial charge in [0.15, 0.2) is 0 Å². The van der Waals surface area contributed by atoms with Crippen LogP contribution in [-0.2, 0) is 0 Å². The van der Waals surface area contributed by atoms with Crippen molar-refractivity contribution in [1.29, 1.82) is 5.41 Å². The van der Waals surface area contributed by atoms with Gasteiger partial charge < -0.3 is 16.0 Å². The lowest BCUT2D eigenvalue weighted by Crippen LogP contribution is -2.18. The zero-order valence-corrected chi connectivity index (χ0v) is 19.1. The van der Waals surface area contributed by atoms with Gasteiger partial charge in [0.1, 0.15) is 5.82 Å². The highest BCUT2D eigenvalue weighted by atomic mass is 35.5. The number of carbonyl (C=O) groups excluding carboxylic acids is 2. The Morgan fingerprint density at radius 1 is 0.794 bits per heavy atom. The highest BCUT2D eigenvalue weighted by Gasteiger charge is 2.15. The molecule has 0 saturated heterocycles. The molecular formula is C27H21ClN4O2. The molecule has 0 saturated carbocycles. The first kappa shape index (κ1) is 22.9. The standard InChI is InChI=1S/C27H21ClN4O2/c1-17(29)21-6-2-3-7-22(21)18-10-12-19(13-11-18)26(33)31-24-9-5-4-8-23(24)27(34)32-25-15-14-20(28)16-30-25/h2-16,29H,1H3,(H,31,33)(H,30,32,34). The van der Waals surface area contributed by atoms with Gasteiger partial charge in [-0.3, -0.25) is 9.59 Å². The van der Waals surface area contributed by atoms with Crippen LogP contribution in [0.15, 0.2) is 91.1 Å². The predicted octanol–water partition coefficient (Wildman–Crippen LogP) is 6.29. The molecule has 0 aliphatic heterocycles. The summed E-state index contributed by atoms with van der Waals surface area (Å²) in [7, 11) is 0. The number of rotatable bonds is 6. The molecule has 34 heavy (non-hydrogen) atoms. The third-order valence-electron chi connectivity index (χ3n) is 5.18. The van der Waals surface area contributed by atoms with E-state index in [0.29, 0.717) is 33.4 Å². The Labute approximate surface area is 202 Å². The normalized spacial score (nSPS) is 10.4. The minimum atomic E-state index is -0.403. The molecule has 0 bridgehead atoms. The van der Waals surface area contributed by atoms with E-state index in [1.54, 1.807) is 55.5 Å². The van der Waals surface area contributed by atoms with Gasteiger partial charge >= 0.3 is 0 Å². The van der Waals surface area contributed by atoms with Crippen LogP contribution < -0.4 is 10.6 Å². The Bertz CT molecular complexity index is 1370. The Morgan fingerprint density at radius 2 is 1.47 bits per heavy atom. The van der Waals surface area contributed by atoms with Crippen molar-refractivity contribution in [3.63, 3.8) is 0 Å². The zero-order chi connectivity index (χ0) is 24.1. The van der Waals surface area contributed by atoms with Crippen LogP contribution in [0.2, 0.25) is 5.02 Å². The van der Waals surface area contributed by atoms with Gasteiger partial charge in [0.2, 0.25) is 0 Å². The molecule has 2 amide bonds. The van der Waals surface area contributed by atoms with Gasteiger partial charge in [-0.15, -0.1) is 0 Å². The fourth-order valence-corrected chi connectivity index (χ4v) is 3.59. The quantitative estimate of drug-likeness (QED) is 0.290. The van der Waals surface area contributed by atoms with Crippen molar-refractivity contribution in [3.8, 4) is 11.1 Å². The van der Waals surface area contributed by atoms with Crippen LogP contribution in [-0.4, -0.2) is 22.5 Å². The lowest BCUT2D eigenvalue weighted by atomic mass is 9.96. The molecule has 1 heterocycles. The number of hydrogen-bond donors (Lipinski definition) is 3. The maximum atomic E-state index is 12.9. The summed E-state index contributed by atoms with van der Waals surface area (Å²) in [6.45, 7) is 1.75. The number of nitrogens with zero attached hydrogens (tertiary/aromatic N) is 1. The molecule has 0 atom stereocenters. The fourth-order valence-electron chi connectivity index (χ4n) is 3.48. The third-order valence-corrected chi connectivity index (χ3v) is 5.40. The highest BCUT2D eigenvalue weighted by molar-refractivity contribution is 6.30. The molecule has 0 unspecified atom stereocenters. The summed E-state index contributed by atoms with van der Waals surface area (Å²) in [4.78, 5) is 29.7. The molecule has 168 valence electrons. The second-order valence-corrected chi connectivity index (χ2v) is 8.00. The molecule has 3 aromatic carbocycles.